The molecule has 0 radical (unpaired) electrons. The Morgan fingerprint density at radius 2 is 1.40 bits per heavy atom. The summed E-state index contributed by atoms with van der Waals surface area (Å²) in [4.78, 5) is 0. The van der Waals surface area contributed by atoms with Crippen molar-refractivity contribution >= 4 is 12.4 Å². The Kier molecular flexibility index (Phi) is 9.84. The number of benzene rings is 1. The van der Waals surface area contributed by atoms with Crippen LogP contribution in [0.3, 0.4) is 0 Å². The molecule has 0 atom stereocenters. The van der Waals surface area contributed by atoms with E-state index in [1.807, 2.05) is 6.07 Å². The van der Waals surface area contributed by atoms with E-state index in [0.717, 1.165) is 0 Å². The molecule has 0 heterocycles. The summed E-state index contributed by atoms with van der Waals surface area (Å²) in [6, 6.07) is 8.71. The minimum absolute atomic E-state index is 0. The fourth-order valence-corrected chi connectivity index (χ4v) is 0.428. The van der Waals surface area contributed by atoms with Gasteiger partial charge in [0.05, 0.1) is 0 Å². The van der Waals surface area contributed by atoms with E-state index in [0.29, 0.717) is 5.75 Å². The van der Waals surface area contributed by atoms with Crippen LogP contribution in [-0.2, 0) is 0 Å². The molecule has 0 spiro atoms. The molecule has 0 fully saturated rings. The fourth-order valence-electron chi connectivity index (χ4n) is 0.428. The van der Waals surface area contributed by atoms with Crippen LogP contribution in [0.25, 0.3) is 0 Å². The first-order chi connectivity index (χ1) is 4.39. The molecule has 58 valence electrons. The van der Waals surface area contributed by atoms with Crippen molar-refractivity contribution in [2.24, 2.45) is 5.90 Å². The lowest BCUT2D eigenvalue weighted by Crippen LogP contribution is -1.72. The highest BCUT2D eigenvalue weighted by Gasteiger charge is 1.74. The summed E-state index contributed by atoms with van der Waals surface area (Å²) in [6.07, 6.45) is 0. The summed E-state index contributed by atoms with van der Waals surface area (Å²) in [6.45, 7) is 0. The minimum atomic E-state index is 0. The fraction of sp³-hybridized carbons (Fsp3) is 0. The van der Waals surface area contributed by atoms with Crippen LogP contribution in [0.5, 0.6) is 5.75 Å². The maximum absolute atomic E-state index is 8.63. The topological polar surface area (TPSA) is 66.5 Å². The highest BCUT2D eigenvalue weighted by molar-refractivity contribution is 5.85. The monoisotopic (exact) mass is 163 g/mol. The molecule has 4 N–H and O–H groups in total. The molecule has 0 aliphatic heterocycles. The molecule has 0 bridgehead atoms. The Labute approximate surface area is 65.5 Å². The van der Waals surface area contributed by atoms with Crippen LogP contribution >= 0.6 is 12.4 Å². The van der Waals surface area contributed by atoms with E-state index in [2.05, 4.69) is 5.90 Å². The average molecular weight is 164 g/mol. The van der Waals surface area contributed by atoms with Crippen molar-refractivity contribution in [3.05, 3.63) is 30.3 Å². The number of para-hydroxylation sites is 1. The van der Waals surface area contributed by atoms with Crippen LogP contribution < -0.4 is 5.90 Å². The largest absolute Gasteiger partial charge is 0.508 e. The lowest BCUT2D eigenvalue weighted by atomic mass is 10.3. The van der Waals surface area contributed by atoms with E-state index < -0.39 is 0 Å². The number of hydrogen-bond donors (Lipinski definition) is 3. The Morgan fingerprint density at radius 3 is 1.60 bits per heavy atom. The molecule has 1 aromatic carbocycles. The number of halogens is 1. The van der Waals surface area contributed by atoms with Crippen molar-refractivity contribution in [2.75, 3.05) is 0 Å². The molecular formula is C6H10ClNO2. The van der Waals surface area contributed by atoms with E-state index in [-0.39, 0.29) is 12.4 Å². The molecule has 4 heteroatoms. The van der Waals surface area contributed by atoms with Crippen LogP contribution in [0.4, 0.5) is 0 Å². The maximum atomic E-state index is 8.63. The van der Waals surface area contributed by atoms with E-state index in [1.165, 1.54) is 0 Å². The van der Waals surface area contributed by atoms with Crippen LogP contribution in [0.1, 0.15) is 0 Å². The smallest absolute Gasteiger partial charge is 0.115 e. The molecule has 3 nitrogen and oxygen atoms in total. The van der Waals surface area contributed by atoms with Gasteiger partial charge >= 0.3 is 0 Å². The predicted octanol–water partition coefficient (Wildman–Crippen LogP) is 1.15. The zero-order valence-electron chi connectivity index (χ0n) is 5.27. The van der Waals surface area contributed by atoms with Crippen molar-refractivity contribution in [3.63, 3.8) is 0 Å². The molecular weight excluding hydrogens is 154 g/mol. The van der Waals surface area contributed by atoms with Gasteiger partial charge in [0.1, 0.15) is 5.75 Å². The van der Waals surface area contributed by atoms with Gasteiger partial charge in [-0.2, -0.15) is 0 Å². The maximum Gasteiger partial charge on any atom is 0.115 e. The molecule has 0 saturated carbocycles. The van der Waals surface area contributed by atoms with Gasteiger partial charge in [-0.25, -0.2) is 5.90 Å². The zero-order chi connectivity index (χ0) is 7.11. The highest BCUT2D eigenvalue weighted by Crippen LogP contribution is 2.02. The molecule has 1 aromatic rings. The Bertz CT molecular complexity index is 146. The van der Waals surface area contributed by atoms with Gasteiger partial charge in [0.2, 0.25) is 0 Å². The molecule has 0 saturated heterocycles. The third kappa shape index (κ3) is 5.37. The van der Waals surface area contributed by atoms with Crippen LogP contribution in [0, 0.1) is 0 Å². The first kappa shape index (κ1) is 12.0. The van der Waals surface area contributed by atoms with Gasteiger partial charge in [-0.1, -0.05) is 18.2 Å². The van der Waals surface area contributed by atoms with E-state index in [9.17, 15) is 0 Å². The first-order valence-electron chi connectivity index (χ1n) is 2.39. The van der Waals surface area contributed by atoms with Crippen LogP contribution in [0.15, 0.2) is 30.3 Å². The third-order valence-corrected chi connectivity index (χ3v) is 0.756. The molecule has 0 unspecified atom stereocenters. The van der Waals surface area contributed by atoms with Gasteiger partial charge in [0.15, 0.2) is 0 Å². The molecule has 0 aliphatic rings. The summed E-state index contributed by atoms with van der Waals surface area (Å²) < 4.78 is 0. The number of nitrogens with two attached hydrogens (primary N) is 1. The number of phenols is 1. The van der Waals surface area contributed by atoms with Gasteiger partial charge < -0.3 is 10.3 Å². The number of phenolic OH excluding ortho intramolecular Hbond substituents is 1. The van der Waals surface area contributed by atoms with E-state index in [1.54, 1.807) is 24.3 Å². The van der Waals surface area contributed by atoms with Gasteiger partial charge in [0.25, 0.3) is 0 Å². The predicted molar refractivity (Wildman–Crippen MR) is 41.3 cm³/mol. The lowest BCUT2D eigenvalue weighted by molar-refractivity contribution is 0.311. The molecule has 0 aliphatic carbocycles. The van der Waals surface area contributed by atoms with Gasteiger partial charge in [-0.15, -0.1) is 12.4 Å². The highest BCUT2D eigenvalue weighted by atomic mass is 35.5. The Balaban J connectivity index is 0. The average Bonchev–Trinajstić information content (AvgIpc) is 1.94. The Hall–Kier alpha value is -0.770. The molecule has 10 heavy (non-hydrogen) atoms. The minimum Gasteiger partial charge on any atom is -0.508 e. The van der Waals surface area contributed by atoms with E-state index >= 15 is 0 Å². The van der Waals surface area contributed by atoms with Gasteiger partial charge in [-0.3, -0.25) is 0 Å². The lowest BCUT2D eigenvalue weighted by Gasteiger charge is -1.82. The number of rotatable bonds is 0. The summed E-state index contributed by atoms with van der Waals surface area (Å²) in [5.41, 5.74) is 0. The summed E-state index contributed by atoms with van der Waals surface area (Å²) in [5.74, 6) is 3.82. The van der Waals surface area contributed by atoms with Crippen molar-refractivity contribution in [1.29, 1.82) is 0 Å². The molecule has 0 aromatic heterocycles. The second kappa shape index (κ2) is 8.23. The summed E-state index contributed by atoms with van der Waals surface area (Å²) in [5, 5.41) is 15.1. The second-order valence-corrected chi connectivity index (χ2v) is 1.34. The standard InChI is InChI=1S/C6H6O.ClH.H3NO/c7-6-4-2-1-3-5-6;;1-2/h1-5,7H;1H;2H,1H2. The summed E-state index contributed by atoms with van der Waals surface area (Å²) in [7, 11) is 0. The molecule has 1 rings (SSSR count). The quantitative estimate of drug-likeness (QED) is 0.503. The van der Waals surface area contributed by atoms with Crippen molar-refractivity contribution in [2.45, 2.75) is 0 Å². The van der Waals surface area contributed by atoms with Crippen molar-refractivity contribution < 1.29 is 10.3 Å². The van der Waals surface area contributed by atoms with Crippen molar-refractivity contribution in [3.8, 4) is 5.75 Å². The van der Waals surface area contributed by atoms with E-state index in [4.69, 9.17) is 10.3 Å². The van der Waals surface area contributed by atoms with Gasteiger partial charge in [-0.05, 0) is 12.1 Å². The first-order valence-corrected chi connectivity index (χ1v) is 2.39. The number of aromatic hydroxyl groups is 1. The summed E-state index contributed by atoms with van der Waals surface area (Å²) >= 11 is 0. The SMILES string of the molecule is Cl.NO.Oc1ccccc1. The van der Waals surface area contributed by atoms with Crippen molar-refractivity contribution in [1.82, 2.24) is 0 Å². The Morgan fingerprint density at radius 1 is 1.00 bits per heavy atom. The zero-order valence-corrected chi connectivity index (χ0v) is 6.08. The van der Waals surface area contributed by atoms with Crippen LogP contribution in [-0.4, -0.2) is 10.3 Å². The molecule has 0 amide bonds. The second-order valence-electron chi connectivity index (χ2n) is 1.34. The third-order valence-electron chi connectivity index (χ3n) is 0.756. The normalized spacial score (nSPS) is 6.60. The van der Waals surface area contributed by atoms with Gasteiger partial charge in [0, 0.05) is 0 Å². The number of hydrogen-bond acceptors (Lipinski definition) is 3. The van der Waals surface area contributed by atoms with Crippen LogP contribution in [0.2, 0.25) is 0 Å².